The molecule has 0 atom stereocenters. The Labute approximate surface area is 101 Å². The lowest BCUT2D eigenvalue weighted by molar-refractivity contribution is 0.112. The van der Waals surface area contributed by atoms with Gasteiger partial charge in [-0.25, -0.2) is 0 Å². The first kappa shape index (κ1) is 11.6. The summed E-state index contributed by atoms with van der Waals surface area (Å²) >= 11 is 0. The summed E-state index contributed by atoms with van der Waals surface area (Å²) in [6.45, 7) is 7.03. The summed E-state index contributed by atoms with van der Waals surface area (Å²) < 4.78 is 1.96. The molecule has 0 saturated heterocycles. The summed E-state index contributed by atoms with van der Waals surface area (Å²) in [6, 6.07) is 5.74. The average Bonchev–Trinajstić information content (AvgIpc) is 2.71. The van der Waals surface area contributed by atoms with Crippen molar-refractivity contribution in [1.82, 2.24) is 9.78 Å². The molecule has 17 heavy (non-hydrogen) atoms. The smallest absolute Gasteiger partial charge is 0.150 e. The highest BCUT2D eigenvalue weighted by Crippen LogP contribution is 2.27. The Kier molecular flexibility index (Phi) is 3.09. The number of carbonyl (C=O) groups is 1. The van der Waals surface area contributed by atoms with Gasteiger partial charge in [0.1, 0.15) is 6.29 Å². The molecule has 0 fully saturated rings. The zero-order valence-electron chi connectivity index (χ0n) is 10.4. The number of benzene rings is 1. The fourth-order valence-electron chi connectivity index (χ4n) is 2.03. The van der Waals surface area contributed by atoms with Crippen LogP contribution in [-0.2, 0) is 6.54 Å². The highest BCUT2D eigenvalue weighted by Gasteiger charge is 2.10. The molecule has 1 aromatic heterocycles. The number of aldehydes is 1. The van der Waals surface area contributed by atoms with Crippen molar-refractivity contribution in [2.45, 2.75) is 27.3 Å². The van der Waals surface area contributed by atoms with Gasteiger partial charge in [-0.1, -0.05) is 12.1 Å². The molecular formula is C14H16N2O. The third kappa shape index (κ3) is 2.00. The van der Waals surface area contributed by atoms with Crippen LogP contribution in [0.2, 0.25) is 0 Å². The van der Waals surface area contributed by atoms with Crippen molar-refractivity contribution >= 4 is 6.29 Å². The van der Waals surface area contributed by atoms with Crippen molar-refractivity contribution in [3.8, 4) is 11.1 Å². The Morgan fingerprint density at radius 2 is 2.06 bits per heavy atom. The van der Waals surface area contributed by atoms with Crippen molar-refractivity contribution in [3.63, 3.8) is 0 Å². The Morgan fingerprint density at radius 1 is 1.29 bits per heavy atom. The second kappa shape index (κ2) is 4.53. The molecule has 3 nitrogen and oxygen atoms in total. The van der Waals surface area contributed by atoms with Crippen LogP contribution >= 0.6 is 0 Å². The predicted molar refractivity (Wildman–Crippen MR) is 68.2 cm³/mol. The maximum Gasteiger partial charge on any atom is 0.150 e. The maximum atomic E-state index is 10.8. The van der Waals surface area contributed by atoms with Crippen LogP contribution in [0.1, 0.15) is 28.5 Å². The number of nitrogens with zero attached hydrogens (tertiary/aromatic N) is 2. The van der Waals surface area contributed by atoms with E-state index in [-0.39, 0.29) is 0 Å². The fourth-order valence-corrected chi connectivity index (χ4v) is 2.03. The van der Waals surface area contributed by atoms with E-state index in [1.807, 2.05) is 36.0 Å². The lowest BCUT2D eigenvalue weighted by Crippen LogP contribution is -1.98. The van der Waals surface area contributed by atoms with Crippen molar-refractivity contribution in [3.05, 3.63) is 41.2 Å². The standard InChI is InChI=1S/C14H16N2O/c1-4-16-11(3)14(8-15-16)13-7-12(9-17)6-5-10(13)2/h5-9H,4H2,1-3H3. The van der Waals surface area contributed by atoms with Gasteiger partial charge in [0.15, 0.2) is 0 Å². The summed E-state index contributed by atoms with van der Waals surface area (Å²) in [6.07, 6.45) is 2.75. The lowest BCUT2D eigenvalue weighted by Gasteiger charge is -2.06. The van der Waals surface area contributed by atoms with Gasteiger partial charge in [-0.2, -0.15) is 5.10 Å². The molecule has 2 rings (SSSR count). The number of rotatable bonds is 3. The average molecular weight is 228 g/mol. The predicted octanol–water partition coefficient (Wildman–Crippen LogP) is 3.00. The molecular weight excluding hydrogens is 212 g/mol. The largest absolute Gasteiger partial charge is 0.298 e. The number of hydrogen-bond donors (Lipinski definition) is 0. The molecule has 0 aliphatic heterocycles. The first-order valence-electron chi connectivity index (χ1n) is 5.76. The Balaban J connectivity index is 2.58. The van der Waals surface area contributed by atoms with Crippen LogP contribution in [0.15, 0.2) is 24.4 Å². The third-order valence-electron chi connectivity index (χ3n) is 3.09. The quantitative estimate of drug-likeness (QED) is 0.757. The summed E-state index contributed by atoms with van der Waals surface area (Å²) in [7, 11) is 0. The normalized spacial score (nSPS) is 10.5. The highest BCUT2D eigenvalue weighted by molar-refractivity contribution is 5.80. The van der Waals surface area contributed by atoms with E-state index in [0.29, 0.717) is 5.56 Å². The van der Waals surface area contributed by atoms with Crippen molar-refractivity contribution in [2.24, 2.45) is 0 Å². The summed E-state index contributed by atoms with van der Waals surface area (Å²) in [5.41, 5.74) is 5.20. The molecule has 0 bridgehead atoms. The third-order valence-corrected chi connectivity index (χ3v) is 3.09. The van der Waals surface area contributed by atoms with Crippen LogP contribution in [-0.4, -0.2) is 16.1 Å². The minimum Gasteiger partial charge on any atom is -0.298 e. The topological polar surface area (TPSA) is 34.9 Å². The second-order valence-corrected chi connectivity index (χ2v) is 4.15. The van der Waals surface area contributed by atoms with Crippen LogP contribution in [0, 0.1) is 13.8 Å². The number of carbonyl (C=O) groups excluding carboxylic acids is 1. The molecule has 0 N–H and O–H groups in total. The van der Waals surface area contributed by atoms with Gasteiger partial charge in [-0.3, -0.25) is 9.48 Å². The molecule has 1 aromatic carbocycles. The zero-order valence-corrected chi connectivity index (χ0v) is 10.4. The van der Waals surface area contributed by atoms with E-state index in [2.05, 4.69) is 18.9 Å². The van der Waals surface area contributed by atoms with E-state index < -0.39 is 0 Å². The number of aryl methyl sites for hydroxylation is 2. The zero-order chi connectivity index (χ0) is 12.4. The minimum atomic E-state index is 0.703. The van der Waals surface area contributed by atoms with E-state index in [1.165, 1.54) is 0 Å². The molecule has 3 heteroatoms. The van der Waals surface area contributed by atoms with Gasteiger partial charge in [-0.05, 0) is 38.0 Å². The van der Waals surface area contributed by atoms with Crippen molar-refractivity contribution < 1.29 is 4.79 Å². The maximum absolute atomic E-state index is 10.8. The van der Waals surface area contributed by atoms with E-state index >= 15 is 0 Å². The minimum absolute atomic E-state index is 0.703. The van der Waals surface area contributed by atoms with Gasteiger partial charge in [0.2, 0.25) is 0 Å². The molecule has 0 amide bonds. The Morgan fingerprint density at radius 3 is 2.65 bits per heavy atom. The number of hydrogen-bond acceptors (Lipinski definition) is 2. The van der Waals surface area contributed by atoms with E-state index in [1.54, 1.807) is 0 Å². The van der Waals surface area contributed by atoms with Crippen LogP contribution in [0.3, 0.4) is 0 Å². The monoisotopic (exact) mass is 228 g/mol. The molecule has 0 aliphatic rings. The van der Waals surface area contributed by atoms with Gasteiger partial charge in [0, 0.05) is 23.4 Å². The van der Waals surface area contributed by atoms with Gasteiger partial charge in [0.05, 0.1) is 6.20 Å². The van der Waals surface area contributed by atoms with E-state index in [9.17, 15) is 4.79 Å². The Bertz CT molecular complexity index is 555. The van der Waals surface area contributed by atoms with Crippen LogP contribution in [0.25, 0.3) is 11.1 Å². The summed E-state index contributed by atoms with van der Waals surface area (Å²) in [4.78, 5) is 10.8. The van der Waals surface area contributed by atoms with Crippen molar-refractivity contribution in [1.29, 1.82) is 0 Å². The summed E-state index contributed by atoms with van der Waals surface area (Å²) in [5.74, 6) is 0. The van der Waals surface area contributed by atoms with Gasteiger partial charge < -0.3 is 0 Å². The summed E-state index contributed by atoms with van der Waals surface area (Å²) in [5, 5.41) is 4.34. The molecule has 0 radical (unpaired) electrons. The molecule has 1 heterocycles. The molecule has 0 saturated carbocycles. The fraction of sp³-hybridized carbons (Fsp3) is 0.286. The Hall–Kier alpha value is -1.90. The number of aromatic nitrogens is 2. The van der Waals surface area contributed by atoms with E-state index in [4.69, 9.17) is 0 Å². The van der Waals surface area contributed by atoms with Crippen molar-refractivity contribution in [2.75, 3.05) is 0 Å². The van der Waals surface area contributed by atoms with Crippen LogP contribution in [0.5, 0.6) is 0 Å². The first-order valence-corrected chi connectivity index (χ1v) is 5.76. The van der Waals surface area contributed by atoms with Crippen LogP contribution < -0.4 is 0 Å². The highest BCUT2D eigenvalue weighted by atomic mass is 16.1. The molecule has 0 spiro atoms. The SMILES string of the molecule is CCn1ncc(-c2cc(C=O)ccc2C)c1C. The molecule has 2 aromatic rings. The second-order valence-electron chi connectivity index (χ2n) is 4.15. The van der Waals surface area contributed by atoms with E-state index in [0.717, 1.165) is 35.2 Å². The van der Waals surface area contributed by atoms with Crippen LogP contribution in [0.4, 0.5) is 0 Å². The molecule has 0 unspecified atom stereocenters. The first-order chi connectivity index (χ1) is 8.17. The molecule has 0 aliphatic carbocycles. The molecule has 88 valence electrons. The lowest BCUT2D eigenvalue weighted by atomic mass is 9.99. The van der Waals surface area contributed by atoms with Gasteiger partial charge in [0.25, 0.3) is 0 Å². The van der Waals surface area contributed by atoms with Gasteiger partial charge in [-0.15, -0.1) is 0 Å². The van der Waals surface area contributed by atoms with Gasteiger partial charge >= 0.3 is 0 Å².